The van der Waals surface area contributed by atoms with Crippen LogP contribution in [-0.4, -0.2) is 38.9 Å². The zero-order valence-corrected chi connectivity index (χ0v) is 15.0. The van der Waals surface area contributed by atoms with Crippen molar-refractivity contribution in [3.05, 3.63) is 58.2 Å². The molecule has 0 aliphatic carbocycles. The molecule has 0 spiro atoms. The molecule has 2 heterocycles. The zero-order valence-electron chi connectivity index (χ0n) is 13.3. The van der Waals surface area contributed by atoms with Crippen LogP contribution in [-0.2, 0) is 4.79 Å². The average molecular weight is 359 g/mol. The van der Waals surface area contributed by atoms with E-state index in [1.165, 1.54) is 11.8 Å². The number of thiazole rings is 1. The van der Waals surface area contributed by atoms with Crippen LogP contribution in [0.4, 0.5) is 0 Å². The van der Waals surface area contributed by atoms with Crippen LogP contribution in [0.1, 0.15) is 21.5 Å². The van der Waals surface area contributed by atoms with Gasteiger partial charge in [0.1, 0.15) is 0 Å². The number of rotatable bonds is 3. The summed E-state index contributed by atoms with van der Waals surface area (Å²) in [5.74, 6) is 0.471. The van der Waals surface area contributed by atoms with Crippen LogP contribution in [0.2, 0.25) is 0 Å². The fraction of sp³-hybridized carbons (Fsp3) is 0.235. The number of aryl methyl sites for hydroxylation is 1. The van der Waals surface area contributed by atoms with E-state index in [4.69, 9.17) is 0 Å². The Morgan fingerprint density at radius 3 is 2.75 bits per heavy atom. The van der Waals surface area contributed by atoms with Crippen molar-refractivity contribution < 1.29 is 9.90 Å². The van der Waals surface area contributed by atoms with E-state index >= 15 is 0 Å². The van der Waals surface area contributed by atoms with E-state index in [2.05, 4.69) is 9.98 Å². The summed E-state index contributed by atoms with van der Waals surface area (Å²) in [7, 11) is 1.67. The van der Waals surface area contributed by atoms with Crippen molar-refractivity contribution in [1.82, 2.24) is 9.88 Å². The third-order valence-electron chi connectivity index (χ3n) is 3.71. The largest absolute Gasteiger partial charge is 0.515 e. The van der Waals surface area contributed by atoms with E-state index in [1.807, 2.05) is 31.3 Å². The van der Waals surface area contributed by atoms with E-state index in [0.717, 1.165) is 21.9 Å². The van der Waals surface area contributed by atoms with E-state index in [9.17, 15) is 9.90 Å². The summed E-state index contributed by atoms with van der Waals surface area (Å²) in [4.78, 5) is 24.3. The monoisotopic (exact) mass is 359 g/mol. The second kappa shape index (κ2) is 7.19. The molecule has 7 heteroatoms. The number of carbonyl (C=O) groups excluding carboxylic acids is 1. The predicted octanol–water partition coefficient (Wildman–Crippen LogP) is 3.65. The lowest BCUT2D eigenvalue weighted by atomic mass is 10.1. The van der Waals surface area contributed by atoms with Gasteiger partial charge in [0.15, 0.2) is 5.17 Å². The Morgan fingerprint density at radius 2 is 2.17 bits per heavy atom. The summed E-state index contributed by atoms with van der Waals surface area (Å²) in [5, 5.41) is 11.3. The number of hydrogen-bond acceptors (Lipinski definition) is 6. The highest BCUT2D eigenvalue weighted by atomic mass is 32.2. The van der Waals surface area contributed by atoms with Gasteiger partial charge in [0.25, 0.3) is 5.91 Å². The molecule has 1 atom stereocenters. The minimum absolute atomic E-state index is 0.119. The summed E-state index contributed by atoms with van der Waals surface area (Å²) in [5.41, 5.74) is 0.932. The van der Waals surface area contributed by atoms with Crippen LogP contribution in [0, 0.1) is 6.92 Å². The highest BCUT2D eigenvalue weighted by molar-refractivity contribution is 8.14. The Labute approximate surface area is 148 Å². The quantitative estimate of drug-likeness (QED) is 0.671. The molecular formula is C17H17N3O2S2. The number of aromatic nitrogens is 1. The molecule has 1 aromatic carbocycles. The van der Waals surface area contributed by atoms with Gasteiger partial charge in [-0.3, -0.25) is 14.7 Å². The fourth-order valence-corrected chi connectivity index (χ4v) is 4.67. The molecule has 1 saturated heterocycles. The summed E-state index contributed by atoms with van der Waals surface area (Å²) < 4.78 is 0. The third kappa shape index (κ3) is 3.09. The normalized spacial score (nSPS) is 19.9. The molecule has 1 amide bonds. The highest BCUT2D eigenvalue weighted by Gasteiger charge is 2.38. The van der Waals surface area contributed by atoms with Gasteiger partial charge < -0.3 is 5.11 Å². The molecule has 3 rings (SSSR count). The molecule has 124 valence electrons. The number of amidine groups is 1. The van der Waals surface area contributed by atoms with Crippen LogP contribution in [0.5, 0.6) is 0 Å². The number of benzene rings is 1. The molecule has 1 fully saturated rings. The van der Waals surface area contributed by atoms with E-state index in [1.54, 1.807) is 35.4 Å². The molecule has 1 aromatic heterocycles. The van der Waals surface area contributed by atoms with Crippen LogP contribution in [0.25, 0.3) is 5.57 Å². The van der Waals surface area contributed by atoms with Gasteiger partial charge in [-0.25, -0.2) is 4.98 Å². The Hall–Kier alpha value is -2.12. The predicted molar refractivity (Wildman–Crippen MR) is 99.3 cm³/mol. The third-order valence-corrected chi connectivity index (χ3v) is 5.84. The lowest BCUT2D eigenvalue weighted by Gasteiger charge is -2.24. The van der Waals surface area contributed by atoms with Gasteiger partial charge in [-0.2, -0.15) is 0 Å². The maximum Gasteiger partial charge on any atom is 0.264 e. The SMILES string of the molecule is CN=C1SC[C@H](c2cnc(C)s2)N1C(=O)/C(=C/O)c1ccccc1. The summed E-state index contributed by atoms with van der Waals surface area (Å²) in [6.07, 6.45) is 2.69. The number of aliphatic hydroxyl groups excluding tert-OH is 1. The highest BCUT2D eigenvalue weighted by Crippen LogP contribution is 2.39. The van der Waals surface area contributed by atoms with Gasteiger partial charge in [-0.15, -0.1) is 11.3 Å². The van der Waals surface area contributed by atoms with Crippen LogP contribution >= 0.6 is 23.1 Å². The molecule has 5 nitrogen and oxygen atoms in total. The standard InChI is InChI=1S/C17H17N3O2S2/c1-11-19-8-15(24-11)14-10-23-17(18-2)20(14)16(22)13(9-21)12-6-4-3-5-7-12/h3-9,14,21H,10H2,1-2H3/b13-9+,18-17?/t14-/m1/s1. The minimum Gasteiger partial charge on any atom is -0.515 e. The van der Waals surface area contributed by atoms with Gasteiger partial charge in [0.2, 0.25) is 0 Å². The average Bonchev–Trinajstić information content (AvgIpc) is 3.22. The van der Waals surface area contributed by atoms with Gasteiger partial charge in [-0.1, -0.05) is 42.1 Å². The summed E-state index contributed by atoms with van der Waals surface area (Å²) in [6.45, 7) is 1.94. The topological polar surface area (TPSA) is 65.8 Å². The van der Waals surface area contributed by atoms with Crippen molar-refractivity contribution in [1.29, 1.82) is 0 Å². The van der Waals surface area contributed by atoms with Gasteiger partial charge in [-0.05, 0) is 12.5 Å². The molecule has 1 N–H and O–H groups in total. The van der Waals surface area contributed by atoms with Crippen molar-refractivity contribution in [3.8, 4) is 0 Å². The second-order valence-corrected chi connectivity index (χ2v) is 7.45. The Bertz CT molecular complexity index is 799. The molecule has 2 aromatic rings. The molecule has 1 aliphatic heterocycles. The molecule has 24 heavy (non-hydrogen) atoms. The van der Waals surface area contributed by atoms with Crippen molar-refractivity contribution in [3.63, 3.8) is 0 Å². The first-order valence-corrected chi connectivity index (χ1v) is 9.21. The number of aliphatic imine (C=N–C) groups is 1. The Balaban J connectivity index is 1.98. The molecule has 0 unspecified atom stereocenters. The van der Waals surface area contributed by atoms with Crippen molar-refractivity contribution in [2.45, 2.75) is 13.0 Å². The second-order valence-electron chi connectivity index (χ2n) is 5.20. The summed E-state index contributed by atoms with van der Waals surface area (Å²) >= 11 is 3.12. The number of nitrogens with zero attached hydrogens (tertiary/aromatic N) is 3. The first-order chi connectivity index (χ1) is 11.7. The molecule has 0 saturated carbocycles. The number of aliphatic hydroxyl groups is 1. The maximum absolute atomic E-state index is 13.1. The fourth-order valence-electron chi connectivity index (χ4n) is 2.57. The van der Waals surface area contributed by atoms with E-state index in [0.29, 0.717) is 10.7 Å². The minimum atomic E-state index is -0.259. The smallest absolute Gasteiger partial charge is 0.264 e. The van der Waals surface area contributed by atoms with Gasteiger partial charge in [0.05, 0.1) is 22.9 Å². The van der Waals surface area contributed by atoms with Crippen LogP contribution in [0.3, 0.4) is 0 Å². The Kier molecular flexibility index (Phi) is 5.01. The number of amides is 1. The van der Waals surface area contributed by atoms with Crippen LogP contribution < -0.4 is 0 Å². The van der Waals surface area contributed by atoms with Crippen molar-refractivity contribution >= 4 is 39.7 Å². The number of hydrogen-bond donors (Lipinski definition) is 1. The zero-order chi connectivity index (χ0) is 17.1. The maximum atomic E-state index is 13.1. The van der Waals surface area contributed by atoms with E-state index < -0.39 is 0 Å². The van der Waals surface area contributed by atoms with Crippen LogP contribution in [0.15, 0.2) is 47.8 Å². The van der Waals surface area contributed by atoms with Gasteiger partial charge in [0, 0.05) is 23.9 Å². The first-order valence-electron chi connectivity index (χ1n) is 7.41. The lowest BCUT2D eigenvalue weighted by molar-refractivity contribution is -0.122. The summed E-state index contributed by atoms with van der Waals surface area (Å²) in [6, 6.07) is 9.03. The lowest BCUT2D eigenvalue weighted by Crippen LogP contribution is -2.34. The van der Waals surface area contributed by atoms with Gasteiger partial charge >= 0.3 is 0 Å². The molecule has 1 aliphatic rings. The number of carbonyl (C=O) groups is 1. The Morgan fingerprint density at radius 1 is 1.42 bits per heavy atom. The van der Waals surface area contributed by atoms with Crippen molar-refractivity contribution in [2.75, 3.05) is 12.8 Å². The molecule has 0 bridgehead atoms. The number of thioether (sulfide) groups is 1. The van der Waals surface area contributed by atoms with E-state index in [-0.39, 0.29) is 17.5 Å². The molecule has 0 radical (unpaired) electrons. The first kappa shape index (κ1) is 16.7. The molecular weight excluding hydrogens is 342 g/mol. The van der Waals surface area contributed by atoms with Crippen molar-refractivity contribution in [2.24, 2.45) is 4.99 Å².